The summed E-state index contributed by atoms with van der Waals surface area (Å²) in [6.07, 6.45) is 6.88. The van der Waals surface area contributed by atoms with Gasteiger partial charge in [0, 0.05) is 13.2 Å². The molecule has 0 bridgehead atoms. The Bertz CT molecular complexity index is 456. The fourth-order valence-electron chi connectivity index (χ4n) is 3.80. The van der Waals surface area contributed by atoms with Crippen molar-refractivity contribution in [3.63, 3.8) is 0 Å². The lowest BCUT2D eigenvalue weighted by molar-refractivity contribution is -0.0761. The van der Waals surface area contributed by atoms with Crippen LogP contribution in [-0.4, -0.2) is 19.3 Å². The van der Waals surface area contributed by atoms with Crippen molar-refractivity contribution in [3.05, 3.63) is 35.9 Å². The van der Waals surface area contributed by atoms with Crippen LogP contribution in [0.25, 0.3) is 0 Å². The van der Waals surface area contributed by atoms with Crippen LogP contribution < -0.4 is 5.32 Å². The van der Waals surface area contributed by atoms with Gasteiger partial charge in [-0.3, -0.25) is 0 Å². The highest BCUT2D eigenvalue weighted by Crippen LogP contribution is 2.43. The minimum atomic E-state index is 0.444. The van der Waals surface area contributed by atoms with E-state index in [0.29, 0.717) is 17.4 Å². The average Bonchev–Trinajstić information content (AvgIpc) is 2.58. The van der Waals surface area contributed by atoms with Crippen molar-refractivity contribution in [2.75, 3.05) is 13.2 Å². The molecule has 1 aromatic carbocycles. The van der Waals surface area contributed by atoms with Crippen molar-refractivity contribution in [1.82, 2.24) is 5.32 Å². The lowest BCUT2D eigenvalue weighted by atomic mass is 9.69. The van der Waals surface area contributed by atoms with Gasteiger partial charge in [0.2, 0.25) is 0 Å². The molecule has 24 heavy (non-hydrogen) atoms. The summed E-state index contributed by atoms with van der Waals surface area (Å²) in [7, 11) is 0. The van der Waals surface area contributed by atoms with Crippen LogP contribution in [-0.2, 0) is 11.3 Å². The van der Waals surface area contributed by atoms with Gasteiger partial charge in [-0.1, -0.05) is 64.4 Å². The Morgan fingerprint density at radius 3 is 2.54 bits per heavy atom. The fraction of sp³-hybridized carbons (Fsp3) is 0.727. The molecule has 1 heterocycles. The van der Waals surface area contributed by atoms with E-state index in [4.69, 9.17) is 4.74 Å². The molecule has 1 fully saturated rings. The molecule has 1 aliphatic heterocycles. The molecule has 136 valence electrons. The van der Waals surface area contributed by atoms with E-state index in [0.717, 1.165) is 25.6 Å². The maximum Gasteiger partial charge on any atom is 0.0603 e. The highest BCUT2D eigenvalue weighted by Gasteiger charge is 2.37. The van der Waals surface area contributed by atoms with Crippen LogP contribution in [0.5, 0.6) is 0 Å². The Morgan fingerprint density at radius 1 is 1.12 bits per heavy atom. The Hall–Kier alpha value is -0.860. The summed E-state index contributed by atoms with van der Waals surface area (Å²) in [6, 6.07) is 10.7. The van der Waals surface area contributed by atoms with Gasteiger partial charge in [-0.05, 0) is 55.0 Å². The molecule has 1 aliphatic rings. The molecule has 1 aromatic rings. The number of rotatable bonds is 9. The van der Waals surface area contributed by atoms with Crippen LogP contribution in [0.15, 0.2) is 30.3 Å². The third-order valence-corrected chi connectivity index (χ3v) is 5.60. The first-order valence-electron chi connectivity index (χ1n) is 9.87. The van der Waals surface area contributed by atoms with Gasteiger partial charge in [0.05, 0.1) is 6.10 Å². The van der Waals surface area contributed by atoms with E-state index in [-0.39, 0.29) is 0 Å². The quantitative estimate of drug-likeness (QED) is 0.610. The Labute approximate surface area is 149 Å². The molecule has 2 atom stereocenters. The first-order valence-corrected chi connectivity index (χ1v) is 9.87. The second kappa shape index (κ2) is 9.58. The van der Waals surface area contributed by atoms with Crippen molar-refractivity contribution in [2.45, 2.75) is 72.4 Å². The molecular formula is C22H37NO. The monoisotopic (exact) mass is 331 g/mol. The molecule has 2 nitrogen and oxygen atoms in total. The van der Waals surface area contributed by atoms with Gasteiger partial charge in [-0.15, -0.1) is 0 Å². The van der Waals surface area contributed by atoms with E-state index >= 15 is 0 Å². The molecule has 0 saturated carbocycles. The number of benzene rings is 1. The molecule has 0 spiro atoms. The Morgan fingerprint density at radius 2 is 1.88 bits per heavy atom. The summed E-state index contributed by atoms with van der Waals surface area (Å²) in [4.78, 5) is 0. The Balaban J connectivity index is 1.88. The summed E-state index contributed by atoms with van der Waals surface area (Å²) in [6.45, 7) is 12.3. The molecule has 0 radical (unpaired) electrons. The van der Waals surface area contributed by atoms with Crippen molar-refractivity contribution in [2.24, 2.45) is 17.3 Å². The van der Waals surface area contributed by atoms with Crippen molar-refractivity contribution in [1.29, 1.82) is 0 Å². The van der Waals surface area contributed by atoms with Gasteiger partial charge < -0.3 is 10.1 Å². The van der Waals surface area contributed by atoms with Crippen molar-refractivity contribution in [3.8, 4) is 0 Å². The minimum absolute atomic E-state index is 0.444. The first-order chi connectivity index (χ1) is 11.5. The molecule has 0 aliphatic carbocycles. The van der Waals surface area contributed by atoms with Gasteiger partial charge in [0.15, 0.2) is 0 Å². The van der Waals surface area contributed by atoms with Crippen LogP contribution in [0.1, 0.15) is 65.4 Å². The molecule has 0 unspecified atom stereocenters. The SMILES string of the molecule is CC(C)CC[C@@]1(CCNCc2ccccc2)CCO[C@@H](C(C)C)C1. The zero-order valence-corrected chi connectivity index (χ0v) is 16.2. The zero-order valence-electron chi connectivity index (χ0n) is 16.2. The van der Waals surface area contributed by atoms with Crippen LogP contribution >= 0.6 is 0 Å². The summed E-state index contributed by atoms with van der Waals surface area (Å²) in [5.74, 6) is 1.42. The van der Waals surface area contributed by atoms with E-state index in [1.54, 1.807) is 0 Å². The fourth-order valence-corrected chi connectivity index (χ4v) is 3.80. The molecule has 1 N–H and O–H groups in total. The molecule has 1 saturated heterocycles. The highest BCUT2D eigenvalue weighted by atomic mass is 16.5. The predicted molar refractivity (Wildman–Crippen MR) is 103 cm³/mol. The maximum atomic E-state index is 6.06. The van der Waals surface area contributed by atoms with Gasteiger partial charge in [0.1, 0.15) is 0 Å². The second-order valence-electron chi connectivity index (χ2n) is 8.45. The standard InChI is InChI=1S/C22H37NO/c1-18(2)10-11-22(13-15-24-21(16-22)19(3)4)12-14-23-17-20-8-6-5-7-9-20/h5-9,18-19,21,23H,10-17H2,1-4H3/t21-,22-/m1/s1. The van der Waals surface area contributed by atoms with Crippen LogP contribution in [0.2, 0.25) is 0 Å². The van der Waals surface area contributed by atoms with Gasteiger partial charge in [0.25, 0.3) is 0 Å². The minimum Gasteiger partial charge on any atom is -0.378 e. The largest absolute Gasteiger partial charge is 0.378 e. The smallest absolute Gasteiger partial charge is 0.0603 e. The maximum absolute atomic E-state index is 6.06. The van der Waals surface area contributed by atoms with Gasteiger partial charge in [-0.25, -0.2) is 0 Å². The molecule has 0 aromatic heterocycles. The van der Waals surface area contributed by atoms with Crippen molar-refractivity contribution >= 4 is 0 Å². The third kappa shape index (κ3) is 6.22. The summed E-state index contributed by atoms with van der Waals surface area (Å²) < 4.78 is 6.06. The lowest BCUT2D eigenvalue weighted by Crippen LogP contribution is -2.39. The average molecular weight is 332 g/mol. The summed E-state index contributed by atoms with van der Waals surface area (Å²) >= 11 is 0. The zero-order chi connectivity index (χ0) is 17.4. The highest BCUT2D eigenvalue weighted by molar-refractivity contribution is 5.14. The third-order valence-electron chi connectivity index (χ3n) is 5.60. The number of hydrogen-bond acceptors (Lipinski definition) is 2. The lowest BCUT2D eigenvalue weighted by Gasteiger charge is -2.43. The predicted octanol–water partition coefficient (Wildman–Crippen LogP) is 5.42. The number of hydrogen-bond donors (Lipinski definition) is 1. The molecule has 0 amide bonds. The summed E-state index contributed by atoms with van der Waals surface area (Å²) in [5.41, 5.74) is 1.85. The topological polar surface area (TPSA) is 21.3 Å². The van der Waals surface area contributed by atoms with E-state index in [1.165, 1.54) is 37.7 Å². The van der Waals surface area contributed by atoms with Gasteiger partial charge in [-0.2, -0.15) is 0 Å². The number of ether oxygens (including phenoxy) is 1. The van der Waals surface area contributed by atoms with E-state index < -0.39 is 0 Å². The van der Waals surface area contributed by atoms with Crippen LogP contribution in [0.3, 0.4) is 0 Å². The molecule has 2 heteroatoms. The van der Waals surface area contributed by atoms with E-state index in [1.807, 2.05) is 0 Å². The van der Waals surface area contributed by atoms with Crippen LogP contribution in [0.4, 0.5) is 0 Å². The number of nitrogens with one attached hydrogen (secondary N) is 1. The normalized spacial score (nSPS) is 24.7. The van der Waals surface area contributed by atoms with E-state index in [9.17, 15) is 0 Å². The van der Waals surface area contributed by atoms with E-state index in [2.05, 4.69) is 63.3 Å². The molecule has 2 rings (SSSR count). The van der Waals surface area contributed by atoms with Crippen LogP contribution in [0, 0.1) is 17.3 Å². The Kier molecular flexibility index (Phi) is 7.77. The summed E-state index contributed by atoms with van der Waals surface area (Å²) in [5, 5.41) is 3.66. The van der Waals surface area contributed by atoms with Gasteiger partial charge >= 0.3 is 0 Å². The first kappa shape index (κ1) is 19.5. The molecular weight excluding hydrogens is 294 g/mol. The second-order valence-corrected chi connectivity index (χ2v) is 8.45. The van der Waals surface area contributed by atoms with Crippen molar-refractivity contribution < 1.29 is 4.74 Å².